The molecule has 0 atom stereocenters. The third kappa shape index (κ3) is 7.15. The van der Waals surface area contributed by atoms with Crippen LogP contribution in [0, 0.1) is 23.2 Å². The van der Waals surface area contributed by atoms with E-state index in [9.17, 15) is 8.42 Å². The fourth-order valence-electron chi connectivity index (χ4n) is 0.828. The molecule has 0 saturated carbocycles. The van der Waals surface area contributed by atoms with E-state index in [4.69, 9.17) is 51.7 Å². The molecular weight excluding hydrogens is 374 g/mol. The van der Waals surface area contributed by atoms with Crippen LogP contribution in [0.15, 0.2) is 0 Å². The number of nitriles is 1. The quantitative estimate of drug-likeness (QED) is 0.293. The largest absolute Gasteiger partial charge is 0.225 e. The van der Waals surface area contributed by atoms with Gasteiger partial charge in [-0.05, 0) is 18.9 Å². The summed E-state index contributed by atoms with van der Waals surface area (Å²) in [4.78, 5) is -1.23. The van der Waals surface area contributed by atoms with Gasteiger partial charge >= 0.3 is 0 Å². The van der Waals surface area contributed by atoms with Crippen LogP contribution in [0.2, 0.25) is 0 Å². The molecule has 0 aliphatic heterocycles. The fourth-order valence-corrected chi connectivity index (χ4v) is 4.13. The zero-order chi connectivity index (χ0) is 15.1. The van der Waals surface area contributed by atoms with Gasteiger partial charge in [0.1, 0.15) is 6.54 Å². The van der Waals surface area contributed by atoms with Gasteiger partial charge in [-0.25, -0.2) is 8.42 Å². The summed E-state index contributed by atoms with van der Waals surface area (Å²) in [7, 11) is -3.74. The van der Waals surface area contributed by atoms with Gasteiger partial charge in [-0.2, -0.15) is 5.26 Å². The molecule has 0 unspecified atom stereocenters. The molecule has 10 heteroatoms. The molecule has 0 radical (unpaired) electrons. The topological polar surface area (TPSA) is 61.2 Å². The average molecular weight is 384 g/mol. The van der Waals surface area contributed by atoms with Crippen LogP contribution in [0.25, 0.3) is 0 Å². The third-order valence-corrected chi connectivity index (χ3v) is 7.05. The maximum atomic E-state index is 12.0. The van der Waals surface area contributed by atoms with Crippen LogP contribution in [-0.2, 0) is 10.0 Å². The van der Waals surface area contributed by atoms with Crippen molar-refractivity contribution in [3.63, 3.8) is 0 Å². The Kier molecular flexibility index (Phi) is 8.90. The predicted molar refractivity (Wildman–Crippen MR) is 81.7 cm³/mol. The van der Waals surface area contributed by atoms with Crippen LogP contribution >= 0.6 is 58.4 Å². The average Bonchev–Trinajstić information content (AvgIpc) is 2.28. The van der Waals surface area contributed by atoms with Crippen LogP contribution in [-0.4, -0.2) is 32.9 Å². The molecule has 0 aliphatic rings. The Morgan fingerprint density at radius 1 is 1.42 bits per heavy atom. The summed E-state index contributed by atoms with van der Waals surface area (Å²) in [5.74, 6) is 4.95. The SMILES string of the molecule is CC#CCCS(=O)(=O)N(CC#N)SC(Cl)(Cl)C(Cl)Cl. The molecule has 0 aliphatic carbocycles. The van der Waals surface area contributed by atoms with Crippen molar-refractivity contribution in [2.24, 2.45) is 0 Å². The van der Waals surface area contributed by atoms with Crippen LogP contribution in [0.3, 0.4) is 0 Å². The molecule has 0 fully saturated rings. The molecule has 0 rings (SSSR count). The van der Waals surface area contributed by atoms with Gasteiger partial charge in [0.15, 0.2) is 4.84 Å². The first-order valence-electron chi connectivity index (χ1n) is 4.79. The first-order valence-corrected chi connectivity index (χ1v) is 8.80. The highest BCUT2D eigenvalue weighted by Crippen LogP contribution is 2.45. The van der Waals surface area contributed by atoms with E-state index in [0.29, 0.717) is 11.9 Å². The Labute approximate surface area is 137 Å². The second kappa shape index (κ2) is 8.69. The van der Waals surface area contributed by atoms with E-state index in [-0.39, 0.29) is 12.2 Å². The minimum atomic E-state index is -3.74. The Balaban J connectivity index is 4.99. The van der Waals surface area contributed by atoms with Gasteiger partial charge < -0.3 is 0 Å². The van der Waals surface area contributed by atoms with Gasteiger partial charge in [-0.1, -0.05) is 23.2 Å². The summed E-state index contributed by atoms with van der Waals surface area (Å²) in [6.45, 7) is 1.18. The van der Waals surface area contributed by atoms with Gasteiger partial charge in [0.05, 0.1) is 11.8 Å². The minimum absolute atomic E-state index is 0.143. The molecule has 0 bridgehead atoms. The normalized spacial score (nSPS) is 12.1. The summed E-state index contributed by atoms with van der Waals surface area (Å²) in [5, 5.41) is 8.66. The molecule has 0 amide bonds. The van der Waals surface area contributed by atoms with E-state index in [0.717, 1.165) is 3.71 Å². The van der Waals surface area contributed by atoms with E-state index in [1.165, 1.54) is 0 Å². The number of hydrogen-bond donors (Lipinski definition) is 0. The molecule has 0 aromatic rings. The lowest BCUT2D eigenvalue weighted by Crippen LogP contribution is -2.33. The molecule has 0 aromatic heterocycles. The highest BCUT2D eigenvalue weighted by Gasteiger charge is 2.39. The van der Waals surface area contributed by atoms with Crippen LogP contribution < -0.4 is 0 Å². The molecule has 4 nitrogen and oxygen atoms in total. The van der Waals surface area contributed by atoms with Gasteiger partial charge in [0, 0.05) is 6.42 Å². The maximum Gasteiger partial charge on any atom is 0.225 e. The van der Waals surface area contributed by atoms with E-state index < -0.39 is 25.1 Å². The van der Waals surface area contributed by atoms with Gasteiger partial charge in [-0.3, -0.25) is 0 Å². The van der Waals surface area contributed by atoms with Crippen molar-refractivity contribution < 1.29 is 8.42 Å². The molecule has 0 heterocycles. The van der Waals surface area contributed by atoms with Crippen molar-refractivity contribution in [2.75, 3.05) is 12.3 Å². The van der Waals surface area contributed by atoms with Crippen LogP contribution in [0.5, 0.6) is 0 Å². The lowest BCUT2D eigenvalue weighted by atomic mass is 10.5. The highest BCUT2D eigenvalue weighted by molar-refractivity contribution is 8.11. The van der Waals surface area contributed by atoms with Crippen molar-refractivity contribution in [3.05, 3.63) is 0 Å². The monoisotopic (exact) mass is 382 g/mol. The first-order chi connectivity index (χ1) is 8.67. The summed E-state index contributed by atoms with van der Waals surface area (Å²) in [5.41, 5.74) is 0. The molecule has 0 aromatic carbocycles. The zero-order valence-electron chi connectivity index (χ0n) is 9.74. The standard InChI is InChI=1S/C9H10Cl4N2O2S2/c1-2-3-4-7-19(16,17)15(6-5-14)18-9(12,13)8(10)11/h8H,4,6-7H2,1H3. The molecule has 108 valence electrons. The lowest BCUT2D eigenvalue weighted by molar-refractivity contribution is 0.556. The maximum absolute atomic E-state index is 12.0. The third-order valence-electron chi connectivity index (χ3n) is 1.65. The van der Waals surface area contributed by atoms with E-state index in [2.05, 4.69) is 11.8 Å². The molecule has 0 N–H and O–H groups in total. The molecule has 0 saturated heterocycles. The number of hydrogen-bond acceptors (Lipinski definition) is 4. The van der Waals surface area contributed by atoms with Gasteiger partial charge in [-0.15, -0.1) is 38.8 Å². The van der Waals surface area contributed by atoms with Crippen molar-refractivity contribution in [1.29, 1.82) is 5.26 Å². The van der Waals surface area contributed by atoms with Crippen molar-refractivity contribution in [2.45, 2.75) is 21.8 Å². The lowest BCUT2D eigenvalue weighted by Gasteiger charge is -2.26. The van der Waals surface area contributed by atoms with Crippen LogP contribution in [0.4, 0.5) is 0 Å². The summed E-state index contributed by atoms with van der Waals surface area (Å²) in [6.07, 6.45) is 0.143. The van der Waals surface area contributed by atoms with E-state index in [1.807, 2.05) is 0 Å². The Morgan fingerprint density at radius 2 is 2.00 bits per heavy atom. The summed E-state index contributed by atoms with van der Waals surface area (Å²) in [6, 6.07) is 1.71. The Hall–Kier alpha value is 0.470. The zero-order valence-corrected chi connectivity index (χ0v) is 14.4. The number of rotatable bonds is 7. The number of alkyl halides is 4. The second-order valence-electron chi connectivity index (χ2n) is 3.07. The molecule has 19 heavy (non-hydrogen) atoms. The highest BCUT2D eigenvalue weighted by atomic mass is 35.5. The Bertz CT molecular complexity index is 491. The number of sulfonamides is 1. The van der Waals surface area contributed by atoms with Crippen molar-refractivity contribution >= 4 is 68.4 Å². The second-order valence-corrected chi connectivity index (χ2v) is 9.51. The smallest absolute Gasteiger partial charge is 0.211 e. The predicted octanol–water partition coefficient (Wildman–Crippen LogP) is 3.14. The fraction of sp³-hybridized carbons (Fsp3) is 0.667. The first kappa shape index (κ1) is 19.5. The summed E-state index contributed by atoms with van der Waals surface area (Å²) < 4.78 is 22.9. The minimum Gasteiger partial charge on any atom is -0.211 e. The number of halogens is 4. The van der Waals surface area contributed by atoms with Gasteiger partial charge in [0.2, 0.25) is 13.7 Å². The number of nitrogens with zero attached hydrogens (tertiary/aromatic N) is 2. The van der Waals surface area contributed by atoms with Crippen LogP contribution in [0.1, 0.15) is 13.3 Å². The van der Waals surface area contributed by atoms with Crippen molar-refractivity contribution in [3.8, 4) is 17.9 Å². The molecule has 0 spiro atoms. The van der Waals surface area contributed by atoms with E-state index in [1.54, 1.807) is 13.0 Å². The molecular formula is C9H10Cl4N2O2S2. The van der Waals surface area contributed by atoms with Crippen molar-refractivity contribution in [1.82, 2.24) is 3.71 Å². The van der Waals surface area contributed by atoms with Gasteiger partial charge in [0.25, 0.3) is 0 Å². The Morgan fingerprint density at radius 3 is 2.42 bits per heavy atom. The van der Waals surface area contributed by atoms with E-state index >= 15 is 0 Å². The summed E-state index contributed by atoms with van der Waals surface area (Å²) >= 11 is 23.2.